The van der Waals surface area contributed by atoms with Gasteiger partial charge in [0.2, 0.25) is 17.2 Å². The monoisotopic (exact) mass is 341 g/mol. The predicted octanol–water partition coefficient (Wildman–Crippen LogP) is 3.41. The molecule has 0 spiro atoms. The first-order chi connectivity index (χ1) is 8.95. The lowest BCUT2D eigenvalue weighted by Gasteiger charge is -2.12. The van der Waals surface area contributed by atoms with Gasteiger partial charge in [-0.2, -0.15) is 15.0 Å². The molecule has 19 heavy (non-hydrogen) atoms. The lowest BCUT2D eigenvalue weighted by molar-refractivity contribution is 0.961. The number of halogens is 2. The topological polar surface area (TPSA) is 53.9 Å². The van der Waals surface area contributed by atoms with E-state index in [0.717, 1.165) is 15.7 Å². The molecular weight excluding hydrogens is 330 g/mol. The van der Waals surface area contributed by atoms with E-state index >= 15 is 0 Å². The minimum atomic E-state index is 0.160. The van der Waals surface area contributed by atoms with Crippen molar-refractivity contribution in [2.24, 2.45) is 0 Å². The summed E-state index contributed by atoms with van der Waals surface area (Å²) in [5.74, 6) is 0.924. The molecule has 100 valence electrons. The Bertz CT molecular complexity index is 603. The second kappa shape index (κ2) is 5.71. The van der Waals surface area contributed by atoms with E-state index in [0.29, 0.717) is 11.9 Å². The van der Waals surface area contributed by atoms with E-state index in [9.17, 15) is 0 Å². The maximum Gasteiger partial charge on any atom is 0.233 e. The van der Waals surface area contributed by atoms with Crippen molar-refractivity contribution in [3.05, 3.63) is 33.5 Å². The van der Waals surface area contributed by atoms with Gasteiger partial charge in [0.25, 0.3) is 0 Å². The van der Waals surface area contributed by atoms with Gasteiger partial charge >= 0.3 is 0 Å². The molecule has 0 fully saturated rings. The molecule has 0 amide bonds. The van der Waals surface area contributed by atoms with Crippen LogP contribution in [0.15, 0.2) is 22.7 Å². The number of rotatable bonds is 3. The molecule has 1 N–H and O–H groups in total. The van der Waals surface area contributed by atoms with Crippen molar-refractivity contribution >= 4 is 45.1 Å². The highest BCUT2D eigenvalue weighted by atomic mass is 79.9. The van der Waals surface area contributed by atoms with Crippen LogP contribution in [0.25, 0.3) is 0 Å². The highest BCUT2D eigenvalue weighted by molar-refractivity contribution is 9.10. The molecule has 0 aliphatic rings. The van der Waals surface area contributed by atoms with Crippen LogP contribution in [-0.4, -0.2) is 29.0 Å². The zero-order valence-corrected chi connectivity index (χ0v) is 13.1. The van der Waals surface area contributed by atoms with Crippen molar-refractivity contribution in [1.29, 1.82) is 0 Å². The van der Waals surface area contributed by atoms with Crippen LogP contribution in [0.2, 0.25) is 5.28 Å². The highest BCUT2D eigenvalue weighted by Crippen LogP contribution is 2.23. The first kappa shape index (κ1) is 14.0. The number of nitrogens with one attached hydrogen (secondary N) is 1. The molecule has 1 heterocycles. The van der Waals surface area contributed by atoms with E-state index in [1.54, 1.807) is 4.90 Å². The summed E-state index contributed by atoms with van der Waals surface area (Å²) in [4.78, 5) is 14.1. The lowest BCUT2D eigenvalue weighted by atomic mass is 10.2. The van der Waals surface area contributed by atoms with Crippen molar-refractivity contribution in [2.45, 2.75) is 6.92 Å². The minimum absolute atomic E-state index is 0.160. The van der Waals surface area contributed by atoms with Crippen LogP contribution in [0.1, 0.15) is 5.56 Å². The van der Waals surface area contributed by atoms with Gasteiger partial charge in [0.05, 0.1) is 0 Å². The zero-order chi connectivity index (χ0) is 14.0. The fourth-order valence-corrected chi connectivity index (χ4v) is 1.93. The van der Waals surface area contributed by atoms with Gasteiger partial charge in [0.1, 0.15) is 0 Å². The summed E-state index contributed by atoms with van der Waals surface area (Å²) in [7, 11) is 3.69. The third-order valence-electron chi connectivity index (χ3n) is 2.42. The Morgan fingerprint density at radius 3 is 2.58 bits per heavy atom. The largest absolute Gasteiger partial charge is 0.347 e. The molecule has 0 atom stereocenters. The molecule has 0 saturated heterocycles. The van der Waals surface area contributed by atoms with E-state index < -0.39 is 0 Å². The molecule has 0 radical (unpaired) electrons. The Morgan fingerprint density at radius 1 is 1.21 bits per heavy atom. The standard InChI is InChI=1S/C12H13BrClN5/c1-7-4-5-8(6-9(7)13)15-11-16-10(14)17-12(18-11)19(2)3/h4-6H,1-3H3,(H,15,16,17,18). The summed E-state index contributed by atoms with van der Waals surface area (Å²) in [6, 6.07) is 5.91. The lowest BCUT2D eigenvalue weighted by Crippen LogP contribution is -2.14. The Kier molecular flexibility index (Phi) is 4.21. The molecule has 2 rings (SSSR count). The molecule has 0 unspecified atom stereocenters. The molecule has 5 nitrogen and oxygen atoms in total. The second-order valence-electron chi connectivity index (χ2n) is 4.21. The minimum Gasteiger partial charge on any atom is -0.347 e. The number of benzene rings is 1. The smallest absolute Gasteiger partial charge is 0.233 e. The number of aryl methyl sites for hydroxylation is 1. The molecule has 0 bridgehead atoms. The van der Waals surface area contributed by atoms with Crippen LogP contribution in [0, 0.1) is 6.92 Å². The molecule has 2 aromatic rings. The normalized spacial score (nSPS) is 10.4. The molecule has 0 aliphatic carbocycles. The average Bonchev–Trinajstić information content (AvgIpc) is 2.33. The van der Waals surface area contributed by atoms with E-state index in [2.05, 4.69) is 36.2 Å². The van der Waals surface area contributed by atoms with Crippen LogP contribution >= 0.6 is 27.5 Å². The van der Waals surface area contributed by atoms with E-state index in [1.165, 1.54) is 0 Å². The molecule has 0 aliphatic heterocycles. The van der Waals surface area contributed by atoms with Gasteiger partial charge in [-0.05, 0) is 36.2 Å². The van der Waals surface area contributed by atoms with Gasteiger partial charge in [-0.15, -0.1) is 0 Å². The van der Waals surface area contributed by atoms with Crippen molar-refractivity contribution in [1.82, 2.24) is 15.0 Å². The predicted molar refractivity (Wildman–Crippen MR) is 81.3 cm³/mol. The first-order valence-corrected chi connectivity index (χ1v) is 6.75. The Balaban J connectivity index is 2.29. The Labute approximate surface area is 125 Å². The van der Waals surface area contributed by atoms with E-state index in [4.69, 9.17) is 11.6 Å². The van der Waals surface area contributed by atoms with Gasteiger partial charge in [-0.3, -0.25) is 0 Å². The van der Waals surface area contributed by atoms with E-state index in [1.807, 2.05) is 39.2 Å². The number of anilines is 3. The SMILES string of the molecule is Cc1ccc(Nc2nc(Cl)nc(N(C)C)n2)cc1Br. The molecule has 1 aromatic carbocycles. The first-order valence-electron chi connectivity index (χ1n) is 5.58. The summed E-state index contributed by atoms with van der Waals surface area (Å²) in [6.07, 6.45) is 0. The van der Waals surface area contributed by atoms with Crippen molar-refractivity contribution < 1.29 is 0 Å². The fraction of sp³-hybridized carbons (Fsp3) is 0.250. The van der Waals surface area contributed by atoms with Crippen LogP contribution in [0.3, 0.4) is 0 Å². The van der Waals surface area contributed by atoms with Gasteiger partial charge in [-0.25, -0.2) is 0 Å². The van der Waals surface area contributed by atoms with Gasteiger partial charge in [0.15, 0.2) is 0 Å². The molecule has 1 aromatic heterocycles. The van der Waals surface area contributed by atoms with Crippen LogP contribution in [-0.2, 0) is 0 Å². The maximum absolute atomic E-state index is 5.88. The Hall–Kier alpha value is -1.40. The quantitative estimate of drug-likeness (QED) is 0.926. The summed E-state index contributed by atoms with van der Waals surface area (Å²) in [5, 5.41) is 3.26. The number of hydrogen-bond donors (Lipinski definition) is 1. The molecule has 0 saturated carbocycles. The van der Waals surface area contributed by atoms with E-state index in [-0.39, 0.29) is 5.28 Å². The van der Waals surface area contributed by atoms with Crippen molar-refractivity contribution in [2.75, 3.05) is 24.3 Å². The van der Waals surface area contributed by atoms with Crippen molar-refractivity contribution in [3.8, 4) is 0 Å². The molecule has 7 heteroatoms. The molecular formula is C12H13BrClN5. The third-order valence-corrected chi connectivity index (χ3v) is 3.45. The van der Waals surface area contributed by atoms with Gasteiger partial charge in [0, 0.05) is 24.3 Å². The summed E-state index contributed by atoms with van der Waals surface area (Å²) in [6.45, 7) is 2.03. The average molecular weight is 343 g/mol. The summed E-state index contributed by atoms with van der Waals surface area (Å²) < 4.78 is 1.02. The second-order valence-corrected chi connectivity index (χ2v) is 5.40. The Morgan fingerprint density at radius 2 is 1.95 bits per heavy atom. The highest BCUT2D eigenvalue weighted by Gasteiger charge is 2.07. The third kappa shape index (κ3) is 3.54. The zero-order valence-electron chi connectivity index (χ0n) is 10.8. The van der Waals surface area contributed by atoms with Crippen LogP contribution in [0.5, 0.6) is 0 Å². The number of nitrogens with zero attached hydrogens (tertiary/aromatic N) is 4. The number of hydrogen-bond acceptors (Lipinski definition) is 5. The summed E-state index contributed by atoms with van der Waals surface area (Å²) in [5.41, 5.74) is 2.04. The van der Waals surface area contributed by atoms with Crippen molar-refractivity contribution in [3.63, 3.8) is 0 Å². The maximum atomic E-state index is 5.88. The fourth-order valence-electron chi connectivity index (χ4n) is 1.40. The van der Waals surface area contributed by atoms with Gasteiger partial charge in [-0.1, -0.05) is 22.0 Å². The van der Waals surface area contributed by atoms with Gasteiger partial charge < -0.3 is 10.2 Å². The van der Waals surface area contributed by atoms with Crippen LogP contribution in [0.4, 0.5) is 17.6 Å². The van der Waals surface area contributed by atoms with Crippen LogP contribution < -0.4 is 10.2 Å². The number of aromatic nitrogens is 3. The summed E-state index contributed by atoms with van der Waals surface area (Å²) >= 11 is 9.36.